The van der Waals surface area contributed by atoms with Crippen LogP contribution in [0.1, 0.15) is 32.6 Å². The predicted octanol–water partition coefficient (Wildman–Crippen LogP) is 1.13. The van der Waals surface area contributed by atoms with E-state index in [0.29, 0.717) is 12.5 Å². The third-order valence-electron chi connectivity index (χ3n) is 2.41. The van der Waals surface area contributed by atoms with Crippen LogP contribution in [0.5, 0.6) is 0 Å². The molecular formula is C10H20N2OS. The molecule has 0 aliphatic carbocycles. The minimum Gasteiger partial charge on any atom is -0.353 e. The lowest BCUT2D eigenvalue weighted by atomic mass is 10.1. The first-order valence-corrected chi connectivity index (χ1v) is 6.46. The van der Waals surface area contributed by atoms with Gasteiger partial charge in [-0.05, 0) is 37.7 Å². The van der Waals surface area contributed by atoms with Crippen LogP contribution in [0.2, 0.25) is 0 Å². The molecule has 1 unspecified atom stereocenters. The van der Waals surface area contributed by atoms with Crippen LogP contribution >= 0.6 is 11.8 Å². The molecule has 0 aromatic carbocycles. The highest BCUT2D eigenvalue weighted by Gasteiger charge is 2.15. The lowest BCUT2D eigenvalue weighted by Gasteiger charge is -2.22. The number of carbonyl (C=O) groups excluding carboxylic acids is 1. The Labute approximate surface area is 90.2 Å². The van der Waals surface area contributed by atoms with Crippen LogP contribution in [-0.4, -0.2) is 29.5 Å². The van der Waals surface area contributed by atoms with Gasteiger partial charge in [-0.15, -0.1) is 0 Å². The summed E-state index contributed by atoms with van der Waals surface area (Å²) in [5.74, 6) is 2.52. The van der Waals surface area contributed by atoms with Crippen LogP contribution in [0, 0.1) is 0 Å². The molecule has 1 aliphatic heterocycles. The van der Waals surface area contributed by atoms with Crippen molar-refractivity contribution in [1.29, 1.82) is 0 Å². The quantitative estimate of drug-likeness (QED) is 0.740. The van der Waals surface area contributed by atoms with Crippen LogP contribution in [0.3, 0.4) is 0 Å². The Morgan fingerprint density at radius 3 is 2.79 bits per heavy atom. The summed E-state index contributed by atoms with van der Waals surface area (Å²) in [6.07, 6.45) is 3.60. The Balaban J connectivity index is 2.12. The van der Waals surface area contributed by atoms with Crippen molar-refractivity contribution in [3.05, 3.63) is 0 Å². The van der Waals surface area contributed by atoms with Gasteiger partial charge in [-0.2, -0.15) is 11.8 Å². The molecule has 1 saturated heterocycles. The first-order valence-electron chi connectivity index (χ1n) is 5.31. The molecule has 0 bridgehead atoms. The summed E-state index contributed by atoms with van der Waals surface area (Å²) in [6, 6.07) is 0.541. The average molecular weight is 216 g/mol. The maximum absolute atomic E-state index is 11.4. The van der Waals surface area contributed by atoms with Crippen molar-refractivity contribution in [1.82, 2.24) is 5.32 Å². The smallest absolute Gasteiger partial charge is 0.220 e. The molecule has 0 saturated carbocycles. The molecule has 1 fully saturated rings. The lowest BCUT2D eigenvalue weighted by molar-refractivity contribution is -0.122. The van der Waals surface area contributed by atoms with E-state index in [-0.39, 0.29) is 11.9 Å². The first-order chi connectivity index (χ1) is 6.68. The van der Waals surface area contributed by atoms with E-state index in [9.17, 15) is 4.79 Å². The normalized spacial score (nSPS) is 20.4. The maximum atomic E-state index is 11.4. The molecule has 1 atom stereocenters. The summed E-state index contributed by atoms with van der Waals surface area (Å²) in [6.45, 7) is 1.94. The number of carbonyl (C=O) groups is 1. The second-order valence-corrected chi connectivity index (χ2v) is 5.19. The molecule has 3 nitrogen and oxygen atoms in total. The number of amides is 1. The fourth-order valence-corrected chi connectivity index (χ4v) is 2.61. The lowest BCUT2D eigenvalue weighted by Crippen LogP contribution is -2.37. The highest BCUT2D eigenvalue weighted by molar-refractivity contribution is 7.99. The van der Waals surface area contributed by atoms with Gasteiger partial charge in [0.25, 0.3) is 0 Å². The molecule has 0 spiro atoms. The van der Waals surface area contributed by atoms with E-state index in [1.54, 1.807) is 0 Å². The predicted molar refractivity (Wildman–Crippen MR) is 61.4 cm³/mol. The van der Waals surface area contributed by atoms with Crippen molar-refractivity contribution in [2.24, 2.45) is 5.73 Å². The van der Waals surface area contributed by atoms with Crippen molar-refractivity contribution >= 4 is 17.7 Å². The maximum Gasteiger partial charge on any atom is 0.220 e. The standard InChI is InChI=1S/C10H20N2OS/c1-8(11)2-3-10(13)12-9-4-6-14-7-5-9/h8-9H,2-7,11H2,1H3,(H,12,13). The number of rotatable bonds is 4. The van der Waals surface area contributed by atoms with Crippen molar-refractivity contribution < 1.29 is 4.79 Å². The Morgan fingerprint density at radius 1 is 1.57 bits per heavy atom. The minimum absolute atomic E-state index is 0.127. The summed E-state index contributed by atoms with van der Waals surface area (Å²) in [5, 5.41) is 3.07. The number of nitrogens with one attached hydrogen (secondary N) is 1. The molecule has 1 aliphatic rings. The van der Waals surface area contributed by atoms with Gasteiger partial charge in [0, 0.05) is 18.5 Å². The fraction of sp³-hybridized carbons (Fsp3) is 0.900. The Kier molecular flexibility index (Phi) is 5.33. The van der Waals surface area contributed by atoms with E-state index < -0.39 is 0 Å². The van der Waals surface area contributed by atoms with Gasteiger partial charge in [-0.25, -0.2) is 0 Å². The van der Waals surface area contributed by atoms with Crippen LogP contribution < -0.4 is 11.1 Å². The van der Waals surface area contributed by atoms with Crippen molar-refractivity contribution in [3.63, 3.8) is 0 Å². The molecule has 4 heteroatoms. The first kappa shape index (κ1) is 11.9. The zero-order valence-electron chi connectivity index (χ0n) is 8.79. The zero-order chi connectivity index (χ0) is 10.4. The molecule has 0 aromatic heterocycles. The summed E-state index contributed by atoms with van der Waals surface area (Å²) >= 11 is 1.97. The van der Waals surface area contributed by atoms with Gasteiger partial charge in [-0.1, -0.05) is 0 Å². The molecule has 14 heavy (non-hydrogen) atoms. The molecule has 1 rings (SSSR count). The molecule has 3 N–H and O–H groups in total. The van der Waals surface area contributed by atoms with E-state index in [2.05, 4.69) is 5.32 Å². The summed E-state index contributed by atoms with van der Waals surface area (Å²) in [4.78, 5) is 11.4. The number of thioether (sulfide) groups is 1. The molecule has 0 radical (unpaired) electrons. The van der Waals surface area contributed by atoms with Crippen molar-refractivity contribution in [2.45, 2.75) is 44.7 Å². The fourth-order valence-electron chi connectivity index (χ4n) is 1.50. The van der Waals surface area contributed by atoms with Gasteiger partial charge in [0.2, 0.25) is 5.91 Å². The van der Waals surface area contributed by atoms with Crippen LogP contribution in [-0.2, 0) is 4.79 Å². The Bertz CT molecular complexity index is 179. The van der Waals surface area contributed by atoms with Gasteiger partial charge in [0.1, 0.15) is 0 Å². The van der Waals surface area contributed by atoms with Gasteiger partial charge < -0.3 is 11.1 Å². The van der Waals surface area contributed by atoms with Crippen molar-refractivity contribution in [2.75, 3.05) is 11.5 Å². The van der Waals surface area contributed by atoms with E-state index in [4.69, 9.17) is 5.73 Å². The Morgan fingerprint density at radius 2 is 2.21 bits per heavy atom. The van der Waals surface area contributed by atoms with Crippen LogP contribution in [0.15, 0.2) is 0 Å². The van der Waals surface area contributed by atoms with E-state index >= 15 is 0 Å². The largest absolute Gasteiger partial charge is 0.353 e. The van der Waals surface area contributed by atoms with Crippen molar-refractivity contribution in [3.8, 4) is 0 Å². The molecular weight excluding hydrogens is 196 g/mol. The SMILES string of the molecule is CC(N)CCC(=O)NC1CCSCC1. The highest BCUT2D eigenvalue weighted by Crippen LogP contribution is 2.16. The highest BCUT2D eigenvalue weighted by atomic mass is 32.2. The number of nitrogens with two attached hydrogens (primary N) is 1. The molecule has 0 aromatic rings. The third kappa shape index (κ3) is 4.86. The third-order valence-corrected chi connectivity index (χ3v) is 3.46. The number of hydrogen-bond acceptors (Lipinski definition) is 3. The van der Waals surface area contributed by atoms with E-state index in [0.717, 1.165) is 19.3 Å². The second kappa shape index (κ2) is 6.30. The molecule has 82 valence electrons. The van der Waals surface area contributed by atoms with Crippen LogP contribution in [0.25, 0.3) is 0 Å². The second-order valence-electron chi connectivity index (χ2n) is 3.97. The molecule has 1 heterocycles. The Hall–Kier alpha value is -0.220. The topological polar surface area (TPSA) is 55.1 Å². The van der Waals surface area contributed by atoms with E-state index in [1.165, 1.54) is 11.5 Å². The van der Waals surface area contributed by atoms with E-state index in [1.807, 2.05) is 18.7 Å². The minimum atomic E-state index is 0.127. The van der Waals surface area contributed by atoms with Crippen LogP contribution in [0.4, 0.5) is 0 Å². The average Bonchev–Trinajstić information content (AvgIpc) is 2.16. The van der Waals surface area contributed by atoms with Gasteiger partial charge in [0.15, 0.2) is 0 Å². The monoisotopic (exact) mass is 216 g/mol. The van der Waals surface area contributed by atoms with Gasteiger partial charge in [-0.3, -0.25) is 4.79 Å². The molecule has 1 amide bonds. The summed E-state index contributed by atoms with van der Waals surface area (Å²) < 4.78 is 0. The summed E-state index contributed by atoms with van der Waals surface area (Å²) in [5.41, 5.74) is 5.59. The van der Waals surface area contributed by atoms with Gasteiger partial charge >= 0.3 is 0 Å². The number of hydrogen-bond donors (Lipinski definition) is 2. The van der Waals surface area contributed by atoms with Gasteiger partial charge in [0.05, 0.1) is 0 Å². The summed E-state index contributed by atoms with van der Waals surface area (Å²) in [7, 11) is 0. The zero-order valence-corrected chi connectivity index (χ0v) is 9.61.